The molecule has 36 heavy (non-hydrogen) atoms. The van der Waals surface area contributed by atoms with Crippen LogP contribution in [0.4, 0.5) is 10.5 Å². The lowest BCUT2D eigenvalue weighted by molar-refractivity contribution is -0.127. The van der Waals surface area contributed by atoms with Crippen LogP contribution in [-0.4, -0.2) is 28.5 Å². The number of imide groups is 1. The Kier molecular flexibility index (Phi) is 8.04. The van der Waals surface area contributed by atoms with Crippen LogP contribution in [0.2, 0.25) is 10.0 Å². The van der Waals surface area contributed by atoms with Crippen molar-refractivity contribution in [1.82, 2.24) is 4.90 Å². The summed E-state index contributed by atoms with van der Waals surface area (Å²) in [7, 11) is 0. The number of benzene rings is 3. The molecule has 1 heterocycles. The molecular formula is C27H22Cl2N2O4S. The highest BCUT2D eigenvalue weighted by Crippen LogP contribution is 2.35. The van der Waals surface area contributed by atoms with Crippen LogP contribution in [0, 0.1) is 13.8 Å². The predicted octanol–water partition coefficient (Wildman–Crippen LogP) is 6.86. The minimum atomic E-state index is -0.553. The fourth-order valence-electron chi connectivity index (χ4n) is 3.66. The summed E-state index contributed by atoms with van der Waals surface area (Å²) >= 11 is 13.0. The van der Waals surface area contributed by atoms with Crippen molar-refractivity contribution in [3.05, 3.63) is 97.9 Å². The molecule has 0 atom stereocenters. The number of ether oxygens (including phenoxy) is 1. The quantitative estimate of drug-likeness (QED) is 0.331. The molecular weight excluding hydrogens is 519 g/mol. The number of hydrogen-bond donors (Lipinski definition) is 1. The van der Waals surface area contributed by atoms with Crippen LogP contribution >= 0.6 is 35.0 Å². The number of aryl methyl sites for hydroxylation is 2. The highest BCUT2D eigenvalue weighted by atomic mass is 35.5. The molecule has 0 spiro atoms. The van der Waals surface area contributed by atoms with Gasteiger partial charge in [0.1, 0.15) is 18.9 Å². The molecule has 1 N–H and O–H groups in total. The van der Waals surface area contributed by atoms with Crippen molar-refractivity contribution in [3.63, 3.8) is 0 Å². The second kappa shape index (κ2) is 11.2. The van der Waals surface area contributed by atoms with Gasteiger partial charge < -0.3 is 10.1 Å². The molecule has 184 valence electrons. The van der Waals surface area contributed by atoms with Crippen LogP contribution in [0.1, 0.15) is 22.3 Å². The molecule has 0 radical (unpaired) electrons. The smallest absolute Gasteiger partial charge is 0.294 e. The van der Waals surface area contributed by atoms with Crippen molar-refractivity contribution < 1.29 is 19.1 Å². The third-order valence-corrected chi connectivity index (χ3v) is 6.84. The van der Waals surface area contributed by atoms with E-state index >= 15 is 0 Å². The second-order valence-electron chi connectivity index (χ2n) is 8.18. The standard InChI is InChI=1S/C27H22Cl2N2O4S/c1-16-5-3-6-17(2)25(16)30-24(32)14-31-26(33)23(36-27(31)34)13-19-12-21(29)9-10-22(19)35-15-18-7-4-8-20(28)11-18/h3-13H,14-15H2,1-2H3,(H,30,32)/b23-13+. The monoisotopic (exact) mass is 540 g/mol. The van der Waals surface area contributed by atoms with E-state index < -0.39 is 17.1 Å². The zero-order valence-electron chi connectivity index (χ0n) is 19.5. The van der Waals surface area contributed by atoms with Crippen molar-refractivity contribution in [1.29, 1.82) is 0 Å². The van der Waals surface area contributed by atoms with Crippen molar-refractivity contribution >= 4 is 63.8 Å². The lowest BCUT2D eigenvalue weighted by Gasteiger charge is -2.15. The minimum Gasteiger partial charge on any atom is -0.488 e. The van der Waals surface area contributed by atoms with Crippen LogP contribution in [0.25, 0.3) is 6.08 Å². The number of rotatable bonds is 7. The van der Waals surface area contributed by atoms with E-state index in [1.165, 1.54) is 0 Å². The predicted molar refractivity (Wildman–Crippen MR) is 144 cm³/mol. The molecule has 0 aromatic heterocycles. The van der Waals surface area contributed by atoms with E-state index in [9.17, 15) is 14.4 Å². The number of nitrogens with one attached hydrogen (secondary N) is 1. The number of halogens is 2. The molecule has 3 amide bonds. The zero-order chi connectivity index (χ0) is 25.8. The number of nitrogens with zero attached hydrogens (tertiary/aromatic N) is 1. The number of anilines is 1. The van der Waals surface area contributed by atoms with Gasteiger partial charge in [-0.15, -0.1) is 0 Å². The summed E-state index contributed by atoms with van der Waals surface area (Å²) in [5.41, 5.74) is 3.87. The minimum absolute atomic E-state index is 0.176. The zero-order valence-corrected chi connectivity index (χ0v) is 21.8. The summed E-state index contributed by atoms with van der Waals surface area (Å²) in [5, 5.41) is 3.33. The number of carbonyl (C=O) groups excluding carboxylic acids is 3. The highest BCUT2D eigenvalue weighted by Gasteiger charge is 2.36. The van der Waals surface area contributed by atoms with Crippen molar-refractivity contribution in [2.24, 2.45) is 0 Å². The Hall–Kier alpha value is -3.26. The van der Waals surface area contributed by atoms with Crippen molar-refractivity contribution in [3.8, 4) is 5.75 Å². The summed E-state index contributed by atoms with van der Waals surface area (Å²) in [6.07, 6.45) is 1.55. The molecule has 1 saturated heterocycles. The van der Waals surface area contributed by atoms with Gasteiger partial charge in [0, 0.05) is 21.3 Å². The number of hydrogen-bond acceptors (Lipinski definition) is 5. The second-order valence-corrected chi connectivity index (χ2v) is 10.0. The molecule has 4 rings (SSSR count). The Morgan fingerprint density at radius 2 is 1.69 bits per heavy atom. The van der Waals surface area contributed by atoms with E-state index in [1.807, 2.05) is 44.2 Å². The molecule has 1 aliphatic rings. The SMILES string of the molecule is Cc1cccc(C)c1NC(=O)CN1C(=O)S/C(=C/c2cc(Cl)ccc2OCc2cccc(Cl)c2)C1=O. The summed E-state index contributed by atoms with van der Waals surface area (Å²) in [4.78, 5) is 39.3. The molecule has 0 aliphatic carbocycles. The molecule has 3 aromatic carbocycles. The molecule has 6 nitrogen and oxygen atoms in total. The first-order valence-electron chi connectivity index (χ1n) is 11.0. The van der Waals surface area contributed by atoms with Crippen molar-refractivity contribution in [2.45, 2.75) is 20.5 Å². The van der Waals surface area contributed by atoms with E-state index in [2.05, 4.69) is 5.32 Å². The van der Waals surface area contributed by atoms with Gasteiger partial charge in [-0.3, -0.25) is 19.3 Å². The average Bonchev–Trinajstić information content (AvgIpc) is 3.08. The summed E-state index contributed by atoms with van der Waals surface area (Å²) in [5.74, 6) is -0.523. The Morgan fingerprint density at radius 1 is 1.00 bits per heavy atom. The van der Waals surface area contributed by atoms with Crippen LogP contribution in [0.5, 0.6) is 5.75 Å². The van der Waals surface area contributed by atoms with Crippen LogP contribution < -0.4 is 10.1 Å². The third-order valence-electron chi connectivity index (χ3n) is 5.46. The summed E-state index contributed by atoms with van der Waals surface area (Å²) in [6, 6.07) is 18.0. The fraction of sp³-hybridized carbons (Fsp3) is 0.148. The number of carbonyl (C=O) groups is 3. The van der Waals surface area contributed by atoms with Crippen LogP contribution in [0.15, 0.2) is 65.6 Å². The normalized spacial score (nSPS) is 14.4. The van der Waals surface area contributed by atoms with Crippen molar-refractivity contribution in [2.75, 3.05) is 11.9 Å². The Balaban J connectivity index is 1.50. The number of thioether (sulfide) groups is 1. The van der Waals surface area contributed by atoms with Gasteiger partial charge in [0.15, 0.2) is 0 Å². The molecule has 3 aromatic rings. The molecule has 0 saturated carbocycles. The Bertz CT molecular complexity index is 1370. The maximum absolute atomic E-state index is 13.0. The largest absolute Gasteiger partial charge is 0.488 e. The van der Waals surface area contributed by atoms with Gasteiger partial charge in [-0.1, -0.05) is 53.5 Å². The molecule has 0 unspecified atom stereocenters. The van der Waals surface area contributed by atoms with E-state index in [1.54, 1.807) is 36.4 Å². The Labute approximate surface area is 223 Å². The van der Waals surface area contributed by atoms with Gasteiger partial charge >= 0.3 is 0 Å². The first kappa shape index (κ1) is 25.8. The Morgan fingerprint density at radius 3 is 2.42 bits per heavy atom. The fourth-order valence-corrected chi connectivity index (χ4v) is 4.89. The number of amides is 3. The van der Waals surface area contributed by atoms with Crippen LogP contribution in [0.3, 0.4) is 0 Å². The molecule has 1 aliphatic heterocycles. The highest BCUT2D eigenvalue weighted by molar-refractivity contribution is 8.18. The molecule has 9 heteroatoms. The molecule has 0 bridgehead atoms. The van der Waals surface area contributed by atoms with E-state index in [-0.39, 0.29) is 18.1 Å². The van der Waals surface area contributed by atoms with Gasteiger partial charge in [-0.05, 0) is 78.7 Å². The lowest BCUT2D eigenvalue weighted by atomic mass is 10.1. The topological polar surface area (TPSA) is 75.7 Å². The first-order chi connectivity index (χ1) is 17.2. The molecule has 1 fully saturated rings. The maximum Gasteiger partial charge on any atom is 0.294 e. The lowest BCUT2D eigenvalue weighted by Crippen LogP contribution is -2.36. The first-order valence-corrected chi connectivity index (χ1v) is 12.6. The van der Waals surface area contributed by atoms with Gasteiger partial charge in [0.05, 0.1) is 4.91 Å². The van der Waals surface area contributed by atoms with Crippen LogP contribution in [-0.2, 0) is 16.2 Å². The average molecular weight is 541 g/mol. The maximum atomic E-state index is 13.0. The van der Waals surface area contributed by atoms with Gasteiger partial charge in [-0.2, -0.15) is 0 Å². The van der Waals surface area contributed by atoms with Gasteiger partial charge in [-0.25, -0.2) is 0 Å². The van der Waals surface area contributed by atoms with E-state index in [0.717, 1.165) is 33.4 Å². The summed E-state index contributed by atoms with van der Waals surface area (Å²) in [6.45, 7) is 3.62. The third kappa shape index (κ3) is 6.10. The summed E-state index contributed by atoms with van der Waals surface area (Å²) < 4.78 is 5.94. The van der Waals surface area contributed by atoms with E-state index in [4.69, 9.17) is 27.9 Å². The van der Waals surface area contributed by atoms with Gasteiger partial charge in [0.2, 0.25) is 5.91 Å². The van der Waals surface area contributed by atoms with Gasteiger partial charge in [0.25, 0.3) is 11.1 Å². The number of para-hydroxylation sites is 1. The van der Waals surface area contributed by atoms with E-state index in [0.29, 0.717) is 27.0 Å².